The van der Waals surface area contributed by atoms with Gasteiger partial charge >= 0.3 is 5.97 Å². The summed E-state index contributed by atoms with van der Waals surface area (Å²) in [6, 6.07) is 11.3. The zero-order valence-corrected chi connectivity index (χ0v) is 14.6. The van der Waals surface area contributed by atoms with Gasteiger partial charge in [-0.25, -0.2) is 4.39 Å². The summed E-state index contributed by atoms with van der Waals surface area (Å²) in [5.41, 5.74) is 1.43. The van der Waals surface area contributed by atoms with Crippen LogP contribution < -0.4 is 0 Å². The quantitative estimate of drug-likeness (QED) is 0.538. The zero-order chi connectivity index (χ0) is 18.8. The molecular weight excluding hydrogens is 335 g/mol. The summed E-state index contributed by atoms with van der Waals surface area (Å²) in [5.74, 6) is -0.946. The molecule has 0 bridgehead atoms. The Morgan fingerprint density at radius 2 is 1.96 bits per heavy atom. The molecule has 6 heteroatoms. The van der Waals surface area contributed by atoms with Crippen molar-refractivity contribution in [1.82, 2.24) is 9.88 Å². The topological polar surface area (TPSA) is 59.5 Å². The first kappa shape index (κ1) is 19.3. The van der Waals surface area contributed by atoms with Gasteiger partial charge in [-0.1, -0.05) is 18.2 Å². The van der Waals surface area contributed by atoms with Gasteiger partial charge in [-0.15, -0.1) is 0 Å². The monoisotopic (exact) mass is 356 g/mol. The van der Waals surface area contributed by atoms with Crippen molar-refractivity contribution in [3.63, 3.8) is 0 Å². The standard InChI is InChI=1S/C20H21FN2O3/c1-2-26-20(25)12-14-23(15-18-5-3-4-13-22-18)19(24)11-8-16-6-9-17(21)10-7-16/h3-11,13H,2,12,14-15H2,1H3/b11-8+. The number of hydrogen-bond donors (Lipinski definition) is 0. The number of hydrogen-bond acceptors (Lipinski definition) is 4. The number of pyridine rings is 1. The number of nitrogens with zero attached hydrogens (tertiary/aromatic N) is 2. The SMILES string of the molecule is CCOC(=O)CCN(Cc1ccccn1)C(=O)/C=C/c1ccc(F)cc1. The van der Waals surface area contributed by atoms with Crippen molar-refractivity contribution >= 4 is 18.0 Å². The van der Waals surface area contributed by atoms with E-state index in [1.54, 1.807) is 37.4 Å². The Labute approximate surface area is 152 Å². The predicted molar refractivity (Wildman–Crippen MR) is 96.3 cm³/mol. The van der Waals surface area contributed by atoms with Crippen LogP contribution in [0.5, 0.6) is 0 Å². The molecule has 2 rings (SSSR count). The normalized spacial score (nSPS) is 10.7. The zero-order valence-electron chi connectivity index (χ0n) is 14.6. The van der Waals surface area contributed by atoms with E-state index in [0.29, 0.717) is 12.2 Å². The molecule has 0 aliphatic heterocycles. The first-order chi connectivity index (χ1) is 12.6. The minimum absolute atomic E-state index is 0.108. The van der Waals surface area contributed by atoms with Gasteiger partial charge in [-0.2, -0.15) is 0 Å². The summed E-state index contributed by atoms with van der Waals surface area (Å²) in [7, 11) is 0. The molecule has 136 valence electrons. The van der Waals surface area contributed by atoms with E-state index in [9.17, 15) is 14.0 Å². The molecule has 26 heavy (non-hydrogen) atoms. The highest BCUT2D eigenvalue weighted by atomic mass is 19.1. The summed E-state index contributed by atoms with van der Waals surface area (Å²) in [6.07, 6.45) is 4.77. The lowest BCUT2D eigenvalue weighted by Crippen LogP contribution is -2.31. The van der Waals surface area contributed by atoms with Crippen LogP contribution in [0.4, 0.5) is 4.39 Å². The molecule has 1 aromatic carbocycles. The Morgan fingerprint density at radius 3 is 2.62 bits per heavy atom. The third-order valence-corrected chi connectivity index (χ3v) is 3.57. The van der Waals surface area contributed by atoms with Crippen LogP contribution in [0.3, 0.4) is 0 Å². The molecule has 0 spiro atoms. The summed E-state index contributed by atoms with van der Waals surface area (Å²) in [6.45, 7) is 2.55. The molecule has 0 fully saturated rings. The Hall–Kier alpha value is -3.02. The third-order valence-electron chi connectivity index (χ3n) is 3.57. The van der Waals surface area contributed by atoms with Crippen molar-refractivity contribution in [3.8, 4) is 0 Å². The second-order valence-electron chi connectivity index (χ2n) is 5.52. The van der Waals surface area contributed by atoms with E-state index in [1.807, 2.05) is 12.1 Å². The van der Waals surface area contributed by atoms with E-state index in [2.05, 4.69) is 4.98 Å². The predicted octanol–water partition coefficient (Wildman–Crippen LogP) is 3.22. The fraction of sp³-hybridized carbons (Fsp3) is 0.250. The molecule has 0 aliphatic rings. The fourth-order valence-corrected chi connectivity index (χ4v) is 2.26. The molecular formula is C20H21FN2O3. The average Bonchev–Trinajstić information content (AvgIpc) is 2.65. The molecule has 0 unspecified atom stereocenters. The number of rotatable bonds is 8. The Morgan fingerprint density at radius 1 is 1.19 bits per heavy atom. The number of amides is 1. The highest BCUT2D eigenvalue weighted by molar-refractivity contribution is 5.92. The first-order valence-electron chi connectivity index (χ1n) is 8.36. The van der Waals surface area contributed by atoms with Gasteiger partial charge in [0.05, 0.1) is 25.3 Å². The number of benzene rings is 1. The number of aromatic nitrogens is 1. The minimum Gasteiger partial charge on any atom is -0.466 e. The van der Waals surface area contributed by atoms with Crippen LogP contribution >= 0.6 is 0 Å². The summed E-state index contributed by atoms with van der Waals surface area (Å²) in [5, 5.41) is 0. The van der Waals surface area contributed by atoms with E-state index >= 15 is 0 Å². The van der Waals surface area contributed by atoms with Crippen molar-refractivity contribution in [3.05, 3.63) is 71.8 Å². The second kappa shape index (κ2) is 10.1. The second-order valence-corrected chi connectivity index (χ2v) is 5.52. The van der Waals surface area contributed by atoms with E-state index in [1.165, 1.54) is 23.1 Å². The van der Waals surface area contributed by atoms with Gasteiger partial charge in [0.1, 0.15) is 5.82 Å². The molecule has 1 aromatic heterocycles. The van der Waals surface area contributed by atoms with Crippen molar-refractivity contribution in [2.45, 2.75) is 19.9 Å². The van der Waals surface area contributed by atoms with Crippen LogP contribution in [0.2, 0.25) is 0 Å². The number of ether oxygens (including phenoxy) is 1. The minimum atomic E-state index is -0.353. The van der Waals surface area contributed by atoms with Gasteiger partial charge < -0.3 is 9.64 Å². The summed E-state index contributed by atoms with van der Waals surface area (Å²) < 4.78 is 17.9. The first-order valence-corrected chi connectivity index (χ1v) is 8.36. The van der Waals surface area contributed by atoms with Crippen molar-refractivity contribution in [1.29, 1.82) is 0 Å². The molecule has 1 amide bonds. The number of carbonyl (C=O) groups is 2. The Bertz CT molecular complexity index is 745. The molecule has 0 N–H and O–H groups in total. The van der Waals surface area contributed by atoms with Gasteiger partial charge in [-0.3, -0.25) is 14.6 Å². The lowest BCUT2D eigenvalue weighted by molar-refractivity contribution is -0.143. The van der Waals surface area contributed by atoms with E-state index in [4.69, 9.17) is 4.74 Å². The van der Waals surface area contributed by atoms with Gasteiger partial charge in [0.2, 0.25) is 5.91 Å². The lowest BCUT2D eigenvalue weighted by Gasteiger charge is -2.20. The number of esters is 1. The molecule has 0 atom stereocenters. The highest BCUT2D eigenvalue weighted by Crippen LogP contribution is 2.08. The molecule has 0 saturated heterocycles. The smallest absolute Gasteiger partial charge is 0.307 e. The van der Waals surface area contributed by atoms with Crippen LogP contribution in [0, 0.1) is 5.82 Å². The third kappa shape index (κ3) is 6.47. The highest BCUT2D eigenvalue weighted by Gasteiger charge is 2.14. The Kier molecular flexibility index (Phi) is 7.49. The molecule has 0 radical (unpaired) electrons. The van der Waals surface area contributed by atoms with Crippen molar-refractivity contribution in [2.75, 3.05) is 13.2 Å². The largest absolute Gasteiger partial charge is 0.466 e. The number of halogens is 1. The maximum atomic E-state index is 12.9. The summed E-state index contributed by atoms with van der Waals surface area (Å²) >= 11 is 0. The van der Waals surface area contributed by atoms with E-state index in [0.717, 1.165) is 5.69 Å². The molecule has 0 aliphatic carbocycles. The number of carbonyl (C=O) groups excluding carboxylic acids is 2. The van der Waals surface area contributed by atoms with Gasteiger partial charge in [0.15, 0.2) is 0 Å². The Balaban J connectivity index is 2.06. The molecule has 5 nitrogen and oxygen atoms in total. The van der Waals surface area contributed by atoms with E-state index in [-0.39, 0.29) is 37.2 Å². The molecule has 1 heterocycles. The van der Waals surface area contributed by atoms with Crippen LogP contribution in [0.1, 0.15) is 24.6 Å². The van der Waals surface area contributed by atoms with Crippen molar-refractivity contribution in [2.24, 2.45) is 0 Å². The average molecular weight is 356 g/mol. The molecule has 2 aromatic rings. The van der Waals surface area contributed by atoms with Crippen LogP contribution in [0.25, 0.3) is 6.08 Å². The van der Waals surface area contributed by atoms with Gasteiger partial charge in [0.25, 0.3) is 0 Å². The van der Waals surface area contributed by atoms with Crippen LogP contribution in [-0.2, 0) is 20.9 Å². The maximum Gasteiger partial charge on any atom is 0.307 e. The summed E-state index contributed by atoms with van der Waals surface area (Å²) in [4.78, 5) is 29.9. The van der Waals surface area contributed by atoms with E-state index < -0.39 is 0 Å². The van der Waals surface area contributed by atoms with Gasteiger partial charge in [0, 0.05) is 18.8 Å². The van der Waals surface area contributed by atoms with Crippen LogP contribution in [-0.4, -0.2) is 34.9 Å². The maximum absolute atomic E-state index is 12.9. The lowest BCUT2D eigenvalue weighted by atomic mass is 10.2. The van der Waals surface area contributed by atoms with Gasteiger partial charge in [-0.05, 0) is 42.8 Å². The fourth-order valence-electron chi connectivity index (χ4n) is 2.26. The van der Waals surface area contributed by atoms with Crippen molar-refractivity contribution < 1.29 is 18.7 Å². The van der Waals surface area contributed by atoms with Crippen LogP contribution in [0.15, 0.2) is 54.7 Å². The molecule has 0 saturated carbocycles.